The van der Waals surface area contributed by atoms with E-state index in [1.807, 2.05) is 37.3 Å². The van der Waals surface area contributed by atoms with Gasteiger partial charge in [-0.3, -0.25) is 9.69 Å². The number of carbonyl (C=O) groups is 2. The topological polar surface area (TPSA) is 49.4 Å². The fourth-order valence-electron chi connectivity index (χ4n) is 2.54. The van der Waals surface area contributed by atoms with Crippen LogP contribution in [-0.4, -0.2) is 23.4 Å². The molecule has 1 N–H and O–H groups in total. The number of benzene rings is 1. The Morgan fingerprint density at radius 1 is 1.30 bits per heavy atom. The maximum atomic E-state index is 12.7. The number of hydrogen-bond donors (Lipinski definition) is 1. The molecule has 1 aliphatic heterocycles. The summed E-state index contributed by atoms with van der Waals surface area (Å²) in [4.78, 5) is 26.0. The molecule has 0 aliphatic carbocycles. The van der Waals surface area contributed by atoms with Crippen LogP contribution in [0.3, 0.4) is 0 Å². The molecule has 1 saturated heterocycles. The molecule has 1 aromatic carbocycles. The number of amides is 3. The summed E-state index contributed by atoms with van der Waals surface area (Å²) >= 11 is 5.47. The van der Waals surface area contributed by atoms with Gasteiger partial charge in [0, 0.05) is 12.1 Å². The summed E-state index contributed by atoms with van der Waals surface area (Å²) in [6.07, 6.45) is 2.94. The lowest BCUT2D eigenvalue weighted by molar-refractivity contribution is -0.131. The van der Waals surface area contributed by atoms with Gasteiger partial charge in [0.2, 0.25) is 0 Å². The third-order valence-electron chi connectivity index (χ3n) is 3.44. The molecular formula is C15H17ClN2O2. The molecule has 0 spiro atoms. The van der Waals surface area contributed by atoms with Crippen LogP contribution < -0.4 is 5.32 Å². The molecule has 0 radical (unpaired) electrons. The van der Waals surface area contributed by atoms with Gasteiger partial charge in [-0.2, -0.15) is 0 Å². The Bertz CT molecular complexity index is 530. The van der Waals surface area contributed by atoms with E-state index in [1.54, 1.807) is 6.08 Å². The standard InChI is InChI=1S/C15H17ClN2O2/c1-2-9-15(12-7-4-3-5-8-12)13(19)18(11-6-10-16)14(20)17-15/h3-8,10H,2,9,11H2,1H3,(H,17,20)/t15-/m0/s1. The van der Waals surface area contributed by atoms with Gasteiger partial charge in [-0.1, -0.05) is 61.4 Å². The predicted molar refractivity (Wildman–Crippen MR) is 78.3 cm³/mol. The predicted octanol–water partition coefficient (Wildman–Crippen LogP) is 2.99. The van der Waals surface area contributed by atoms with Gasteiger partial charge in [0.05, 0.1) is 0 Å². The monoisotopic (exact) mass is 292 g/mol. The first-order chi connectivity index (χ1) is 9.65. The van der Waals surface area contributed by atoms with Gasteiger partial charge >= 0.3 is 6.03 Å². The van der Waals surface area contributed by atoms with E-state index in [-0.39, 0.29) is 18.5 Å². The molecule has 0 aromatic heterocycles. The summed E-state index contributed by atoms with van der Waals surface area (Å²) < 4.78 is 0. The van der Waals surface area contributed by atoms with E-state index in [0.717, 1.165) is 12.0 Å². The molecule has 1 aromatic rings. The van der Waals surface area contributed by atoms with Gasteiger partial charge in [0.1, 0.15) is 5.54 Å². The Kier molecular flexibility index (Phi) is 4.45. The average Bonchev–Trinajstić information content (AvgIpc) is 2.70. The molecule has 3 amide bonds. The van der Waals surface area contributed by atoms with Crippen molar-refractivity contribution in [1.29, 1.82) is 0 Å². The zero-order valence-corrected chi connectivity index (χ0v) is 12.1. The lowest BCUT2D eigenvalue weighted by Gasteiger charge is -2.26. The molecule has 20 heavy (non-hydrogen) atoms. The zero-order chi connectivity index (χ0) is 14.6. The van der Waals surface area contributed by atoms with Crippen molar-refractivity contribution in [1.82, 2.24) is 10.2 Å². The van der Waals surface area contributed by atoms with Crippen molar-refractivity contribution in [3.63, 3.8) is 0 Å². The molecule has 0 saturated carbocycles. The lowest BCUT2D eigenvalue weighted by atomic mass is 9.85. The zero-order valence-electron chi connectivity index (χ0n) is 11.3. The van der Waals surface area contributed by atoms with Crippen molar-refractivity contribution in [2.45, 2.75) is 25.3 Å². The van der Waals surface area contributed by atoms with Crippen molar-refractivity contribution in [3.05, 3.63) is 47.5 Å². The highest BCUT2D eigenvalue weighted by molar-refractivity contribution is 6.25. The maximum Gasteiger partial charge on any atom is 0.325 e. The van der Waals surface area contributed by atoms with Crippen molar-refractivity contribution >= 4 is 23.5 Å². The van der Waals surface area contributed by atoms with E-state index >= 15 is 0 Å². The van der Waals surface area contributed by atoms with E-state index in [4.69, 9.17) is 11.6 Å². The normalized spacial score (nSPS) is 22.6. The highest BCUT2D eigenvalue weighted by Crippen LogP contribution is 2.33. The van der Waals surface area contributed by atoms with E-state index in [9.17, 15) is 9.59 Å². The SMILES string of the molecule is CCC[C@@]1(c2ccccc2)NC(=O)N(CC=CCl)C1=O. The molecule has 1 heterocycles. The molecule has 1 aliphatic rings. The first-order valence-electron chi connectivity index (χ1n) is 6.60. The van der Waals surface area contributed by atoms with Gasteiger partial charge in [0.15, 0.2) is 0 Å². The van der Waals surface area contributed by atoms with Crippen molar-refractivity contribution in [3.8, 4) is 0 Å². The minimum atomic E-state index is -0.951. The van der Waals surface area contributed by atoms with Crippen molar-refractivity contribution < 1.29 is 9.59 Å². The second-order valence-corrected chi connectivity index (χ2v) is 4.98. The first-order valence-corrected chi connectivity index (χ1v) is 7.04. The van der Waals surface area contributed by atoms with Gasteiger partial charge in [-0.15, -0.1) is 0 Å². The van der Waals surface area contributed by atoms with Crippen LogP contribution in [-0.2, 0) is 10.3 Å². The van der Waals surface area contributed by atoms with Crippen molar-refractivity contribution in [2.75, 3.05) is 6.54 Å². The summed E-state index contributed by atoms with van der Waals surface area (Å²) in [6.45, 7) is 2.18. The van der Waals surface area contributed by atoms with Crippen LogP contribution in [0.2, 0.25) is 0 Å². The number of carbonyl (C=O) groups excluding carboxylic acids is 2. The maximum absolute atomic E-state index is 12.7. The molecule has 1 fully saturated rings. The van der Waals surface area contributed by atoms with Gasteiger partial charge in [0.25, 0.3) is 5.91 Å². The van der Waals surface area contributed by atoms with Gasteiger partial charge in [-0.05, 0) is 12.0 Å². The highest BCUT2D eigenvalue weighted by Gasteiger charge is 2.51. The highest BCUT2D eigenvalue weighted by atomic mass is 35.5. The van der Waals surface area contributed by atoms with Crippen LogP contribution in [0.25, 0.3) is 0 Å². The average molecular weight is 293 g/mol. The molecule has 2 rings (SSSR count). The molecular weight excluding hydrogens is 276 g/mol. The van der Waals surface area contributed by atoms with Crippen molar-refractivity contribution in [2.24, 2.45) is 0 Å². The number of nitrogens with one attached hydrogen (secondary N) is 1. The summed E-state index contributed by atoms with van der Waals surface area (Å²) in [5.74, 6) is -0.217. The third kappa shape index (κ3) is 2.43. The summed E-state index contributed by atoms with van der Waals surface area (Å²) in [7, 11) is 0. The van der Waals surface area contributed by atoms with E-state index < -0.39 is 5.54 Å². The Hall–Kier alpha value is -1.81. The fraction of sp³-hybridized carbons (Fsp3) is 0.333. The third-order valence-corrected chi connectivity index (χ3v) is 3.62. The molecule has 106 valence electrons. The number of hydrogen-bond acceptors (Lipinski definition) is 2. The van der Waals surface area contributed by atoms with Crippen LogP contribution in [0.4, 0.5) is 4.79 Å². The van der Waals surface area contributed by atoms with Crippen LogP contribution in [0.1, 0.15) is 25.3 Å². The molecule has 1 atom stereocenters. The number of nitrogens with zero attached hydrogens (tertiary/aromatic N) is 1. The second kappa shape index (κ2) is 6.09. The smallest absolute Gasteiger partial charge is 0.319 e. The number of halogens is 1. The first kappa shape index (κ1) is 14.6. The number of imide groups is 1. The van der Waals surface area contributed by atoms with Gasteiger partial charge in [-0.25, -0.2) is 4.79 Å². The summed E-state index contributed by atoms with van der Waals surface area (Å²) in [6, 6.07) is 8.99. The lowest BCUT2D eigenvalue weighted by Crippen LogP contribution is -2.43. The number of urea groups is 1. The van der Waals surface area contributed by atoms with Crippen LogP contribution in [0, 0.1) is 0 Å². The Morgan fingerprint density at radius 2 is 2.00 bits per heavy atom. The molecule has 0 unspecified atom stereocenters. The van der Waals surface area contributed by atoms with E-state index in [0.29, 0.717) is 6.42 Å². The van der Waals surface area contributed by atoms with Gasteiger partial charge < -0.3 is 5.32 Å². The molecule has 5 heteroatoms. The number of rotatable bonds is 5. The van der Waals surface area contributed by atoms with Crippen LogP contribution in [0.15, 0.2) is 41.9 Å². The Labute approximate surface area is 123 Å². The quantitative estimate of drug-likeness (QED) is 0.848. The van der Waals surface area contributed by atoms with Crippen LogP contribution in [0.5, 0.6) is 0 Å². The summed E-state index contributed by atoms with van der Waals surface area (Å²) in [5, 5.41) is 2.85. The minimum Gasteiger partial charge on any atom is -0.319 e. The Balaban J connectivity index is 2.40. The van der Waals surface area contributed by atoms with E-state index in [2.05, 4.69) is 5.32 Å². The second-order valence-electron chi connectivity index (χ2n) is 4.73. The molecule has 0 bridgehead atoms. The fourth-order valence-corrected chi connectivity index (χ4v) is 2.62. The van der Waals surface area contributed by atoms with Crippen LogP contribution >= 0.6 is 11.6 Å². The Morgan fingerprint density at radius 3 is 2.60 bits per heavy atom. The minimum absolute atomic E-state index is 0.187. The largest absolute Gasteiger partial charge is 0.325 e. The van der Waals surface area contributed by atoms with E-state index in [1.165, 1.54) is 10.4 Å². The molecule has 4 nitrogen and oxygen atoms in total. The summed E-state index contributed by atoms with van der Waals surface area (Å²) in [5.41, 5.74) is 1.17.